The summed E-state index contributed by atoms with van der Waals surface area (Å²) in [6.45, 7) is 6.16. The Kier molecular flexibility index (Phi) is 6.81. The topological polar surface area (TPSA) is 70.3 Å². The molecule has 4 heterocycles. The minimum atomic E-state index is 0.601. The molecule has 0 saturated carbocycles. The van der Waals surface area contributed by atoms with Crippen molar-refractivity contribution >= 4 is 40.0 Å². The standard InChI is InChI=1S/C26H29ClN6O/c1-19-16-25(32-12-3-2-4-13-32)31-26(30-19)33(18-21-6-5-15-34-21)14-11-29-23-9-10-28-24-17-20(27)7-8-22(23)24/h5-10,15-17H,2-4,11-14,18H2,1H3,(H,28,29). The fourth-order valence-electron chi connectivity index (χ4n) is 4.40. The molecule has 0 spiro atoms. The van der Waals surface area contributed by atoms with E-state index in [1.807, 2.05) is 43.3 Å². The zero-order valence-corrected chi connectivity index (χ0v) is 20.1. The smallest absolute Gasteiger partial charge is 0.227 e. The molecular weight excluding hydrogens is 448 g/mol. The van der Waals surface area contributed by atoms with E-state index in [2.05, 4.69) is 26.2 Å². The highest BCUT2D eigenvalue weighted by Crippen LogP contribution is 2.25. The molecule has 0 aliphatic carbocycles. The van der Waals surface area contributed by atoms with Crippen molar-refractivity contribution < 1.29 is 4.42 Å². The molecule has 3 aromatic heterocycles. The van der Waals surface area contributed by atoms with Crippen molar-refractivity contribution in [1.29, 1.82) is 0 Å². The predicted molar refractivity (Wildman–Crippen MR) is 138 cm³/mol. The number of halogens is 1. The second-order valence-electron chi connectivity index (χ2n) is 8.66. The van der Waals surface area contributed by atoms with Gasteiger partial charge in [-0.1, -0.05) is 11.6 Å². The highest BCUT2D eigenvalue weighted by Gasteiger charge is 2.18. The number of benzene rings is 1. The van der Waals surface area contributed by atoms with Gasteiger partial charge in [0.05, 0.1) is 18.3 Å². The third-order valence-electron chi connectivity index (χ3n) is 6.12. The van der Waals surface area contributed by atoms with Gasteiger partial charge in [-0.15, -0.1) is 0 Å². The first-order valence-corrected chi connectivity index (χ1v) is 12.2. The maximum Gasteiger partial charge on any atom is 0.227 e. The van der Waals surface area contributed by atoms with Gasteiger partial charge in [0.15, 0.2) is 0 Å². The minimum Gasteiger partial charge on any atom is -0.467 e. The Morgan fingerprint density at radius 1 is 1.09 bits per heavy atom. The Labute approximate surface area is 204 Å². The summed E-state index contributed by atoms with van der Waals surface area (Å²) in [6.07, 6.45) is 7.22. The van der Waals surface area contributed by atoms with Crippen molar-refractivity contribution in [3.05, 3.63) is 71.4 Å². The predicted octanol–water partition coefficient (Wildman–Crippen LogP) is 5.69. The quantitative estimate of drug-likeness (QED) is 0.350. The van der Waals surface area contributed by atoms with E-state index in [0.29, 0.717) is 24.7 Å². The van der Waals surface area contributed by atoms with Crippen LogP contribution in [0.4, 0.5) is 17.5 Å². The SMILES string of the molecule is Cc1cc(N2CCCCC2)nc(N(CCNc2ccnc3cc(Cl)ccc23)Cc2ccco2)n1. The van der Waals surface area contributed by atoms with Crippen molar-refractivity contribution in [3.8, 4) is 0 Å². The van der Waals surface area contributed by atoms with E-state index in [0.717, 1.165) is 52.9 Å². The first kappa shape index (κ1) is 22.5. The summed E-state index contributed by atoms with van der Waals surface area (Å²) >= 11 is 6.14. The molecular formula is C26H29ClN6O. The Morgan fingerprint density at radius 3 is 2.79 bits per heavy atom. The summed E-state index contributed by atoms with van der Waals surface area (Å²) in [7, 11) is 0. The van der Waals surface area contributed by atoms with E-state index in [9.17, 15) is 0 Å². The van der Waals surface area contributed by atoms with Crippen molar-refractivity contribution in [2.75, 3.05) is 41.3 Å². The van der Waals surface area contributed by atoms with Crippen LogP contribution in [0.3, 0.4) is 0 Å². The maximum absolute atomic E-state index is 6.14. The highest BCUT2D eigenvalue weighted by molar-refractivity contribution is 6.31. The second-order valence-corrected chi connectivity index (χ2v) is 9.10. The molecule has 34 heavy (non-hydrogen) atoms. The molecule has 0 bridgehead atoms. The van der Waals surface area contributed by atoms with Crippen LogP contribution in [-0.2, 0) is 6.54 Å². The van der Waals surface area contributed by atoms with Gasteiger partial charge in [-0.05, 0) is 62.6 Å². The van der Waals surface area contributed by atoms with Crippen molar-refractivity contribution in [3.63, 3.8) is 0 Å². The number of aryl methyl sites for hydroxylation is 1. The fraction of sp³-hybridized carbons (Fsp3) is 0.346. The summed E-state index contributed by atoms with van der Waals surface area (Å²) in [5.41, 5.74) is 2.87. The molecule has 1 fully saturated rings. The number of piperidine rings is 1. The van der Waals surface area contributed by atoms with Crippen LogP contribution in [0.5, 0.6) is 0 Å². The zero-order chi connectivity index (χ0) is 23.3. The number of nitrogens with one attached hydrogen (secondary N) is 1. The van der Waals surface area contributed by atoms with Crippen LogP contribution >= 0.6 is 11.6 Å². The first-order chi connectivity index (χ1) is 16.7. The monoisotopic (exact) mass is 476 g/mol. The Morgan fingerprint density at radius 2 is 1.97 bits per heavy atom. The highest BCUT2D eigenvalue weighted by atomic mass is 35.5. The van der Waals surface area contributed by atoms with E-state index < -0.39 is 0 Å². The van der Waals surface area contributed by atoms with Crippen molar-refractivity contribution in [1.82, 2.24) is 15.0 Å². The minimum absolute atomic E-state index is 0.601. The lowest BCUT2D eigenvalue weighted by molar-refractivity contribution is 0.501. The van der Waals surface area contributed by atoms with Gasteiger partial charge in [0.1, 0.15) is 11.6 Å². The average Bonchev–Trinajstić information content (AvgIpc) is 3.37. The number of hydrogen-bond donors (Lipinski definition) is 1. The van der Waals surface area contributed by atoms with Crippen molar-refractivity contribution in [2.45, 2.75) is 32.7 Å². The number of hydrogen-bond acceptors (Lipinski definition) is 7. The summed E-state index contributed by atoms with van der Waals surface area (Å²) < 4.78 is 5.65. The van der Waals surface area contributed by atoms with Gasteiger partial charge in [0.2, 0.25) is 5.95 Å². The van der Waals surface area contributed by atoms with Crippen molar-refractivity contribution in [2.24, 2.45) is 0 Å². The van der Waals surface area contributed by atoms with Gasteiger partial charge in [-0.2, -0.15) is 4.98 Å². The van der Waals surface area contributed by atoms with E-state index in [-0.39, 0.29) is 0 Å². The Bertz CT molecular complexity index is 1240. The molecule has 4 aromatic rings. The number of furan rings is 1. The molecule has 5 rings (SSSR count). The van der Waals surface area contributed by atoms with Gasteiger partial charge in [-0.3, -0.25) is 4.98 Å². The third kappa shape index (κ3) is 5.25. The molecule has 1 aliphatic rings. The van der Waals surface area contributed by atoms with Gasteiger partial charge >= 0.3 is 0 Å². The lowest BCUT2D eigenvalue weighted by atomic mass is 10.1. The second kappa shape index (κ2) is 10.3. The normalized spacial score (nSPS) is 13.9. The summed E-state index contributed by atoms with van der Waals surface area (Å²) in [5.74, 6) is 2.62. The van der Waals surface area contributed by atoms with Gasteiger partial charge in [0.25, 0.3) is 0 Å². The molecule has 0 atom stereocenters. The summed E-state index contributed by atoms with van der Waals surface area (Å²) in [4.78, 5) is 18.7. The summed E-state index contributed by atoms with van der Waals surface area (Å²) in [5, 5.41) is 5.29. The van der Waals surface area contributed by atoms with E-state index in [1.54, 1.807) is 12.5 Å². The van der Waals surface area contributed by atoms with Crippen LogP contribution in [0, 0.1) is 6.92 Å². The van der Waals surface area contributed by atoms with E-state index in [4.69, 9.17) is 26.0 Å². The first-order valence-electron chi connectivity index (χ1n) is 11.8. The molecule has 0 unspecified atom stereocenters. The van der Waals surface area contributed by atoms with E-state index >= 15 is 0 Å². The van der Waals surface area contributed by atoms with Crippen LogP contribution in [0.2, 0.25) is 5.02 Å². The molecule has 1 aliphatic heterocycles. The van der Waals surface area contributed by atoms with Crippen LogP contribution in [-0.4, -0.2) is 41.1 Å². The Hall–Kier alpha value is -3.32. The Balaban J connectivity index is 1.36. The third-order valence-corrected chi connectivity index (χ3v) is 6.36. The molecule has 8 heteroatoms. The number of pyridine rings is 1. The number of fused-ring (bicyclic) bond motifs is 1. The molecule has 7 nitrogen and oxygen atoms in total. The van der Waals surface area contributed by atoms with Crippen LogP contribution in [0.15, 0.2) is 59.3 Å². The largest absolute Gasteiger partial charge is 0.467 e. The number of aromatic nitrogens is 3. The lowest BCUT2D eigenvalue weighted by Crippen LogP contribution is -2.33. The molecule has 0 amide bonds. The van der Waals surface area contributed by atoms with Gasteiger partial charge in [-0.25, -0.2) is 4.98 Å². The lowest BCUT2D eigenvalue weighted by Gasteiger charge is -2.29. The van der Waals surface area contributed by atoms with E-state index in [1.165, 1.54) is 19.3 Å². The summed E-state index contributed by atoms with van der Waals surface area (Å²) in [6, 6.07) is 13.8. The molecule has 1 aromatic carbocycles. The van der Waals surface area contributed by atoms with Gasteiger partial charge in [0, 0.05) is 60.2 Å². The van der Waals surface area contributed by atoms with Crippen LogP contribution in [0.1, 0.15) is 30.7 Å². The number of anilines is 3. The molecule has 1 N–H and O–H groups in total. The molecule has 176 valence electrons. The average molecular weight is 477 g/mol. The maximum atomic E-state index is 6.14. The fourth-order valence-corrected chi connectivity index (χ4v) is 4.57. The number of nitrogens with zero attached hydrogens (tertiary/aromatic N) is 5. The zero-order valence-electron chi connectivity index (χ0n) is 19.4. The molecule has 1 saturated heterocycles. The van der Waals surface area contributed by atoms with Crippen LogP contribution in [0.25, 0.3) is 10.9 Å². The van der Waals surface area contributed by atoms with Gasteiger partial charge < -0.3 is 19.5 Å². The molecule has 0 radical (unpaired) electrons. The van der Waals surface area contributed by atoms with Crippen LogP contribution < -0.4 is 15.1 Å². The number of rotatable bonds is 8.